The van der Waals surface area contributed by atoms with Gasteiger partial charge in [0.2, 0.25) is 11.8 Å². The van der Waals surface area contributed by atoms with E-state index in [1.54, 1.807) is 17.9 Å². The van der Waals surface area contributed by atoms with Gasteiger partial charge in [0.05, 0.1) is 22.4 Å². The predicted molar refractivity (Wildman–Crippen MR) is 123 cm³/mol. The summed E-state index contributed by atoms with van der Waals surface area (Å²) in [5.74, 6) is -2.51. The van der Waals surface area contributed by atoms with Crippen molar-refractivity contribution in [3.05, 3.63) is 63.7 Å². The van der Waals surface area contributed by atoms with E-state index in [9.17, 15) is 24.5 Å². The predicted octanol–water partition coefficient (Wildman–Crippen LogP) is 2.75. The maximum Gasteiger partial charge on any atom is 0.271 e. The molecule has 4 heterocycles. The maximum atomic E-state index is 14.1. The number of non-ortho nitro benzene ring substituents is 1. The molecule has 4 atom stereocenters. The van der Waals surface area contributed by atoms with E-state index in [-0.39, 0.29) is 29.2 Å². The molecule has 3 saturated heterocycles. The van der Waals surface area contributed by atoms with Crippen LogP contribution in [0.1, 0.15) is 30.9 Å². The van der Waals surface area contributed by atoms with Crippen LogP contribution in [0.3, 0.4) is 0 Å². The van der Waals surface area contributed by atoms with Crippen LogP contribution in [-0.4, -0.2) is 46.7 Å². The smallest absolute Gasteiger partial charge is 0.271 e. The number of rotatable bonds is 3. The number of fused-ring (bicyclic) bond motifs is 7. The number of nitrogens with zero attached hydrogens (tertiary/aromatic N) is 4. The highest BCUT2D eigenvalue weighted by molar-refractivity contribution is 6.26. The summed E-state index contributed by atoms with van der Waals surface area (Å²) in [4.78, 5) is 57.9. The third-order valence-electron chi connectivity index (χ3n) is 8.11. The first-order valence-electron chi connectivity index (χ1n) is 11.6. The number of imide groups is 1. The first-order chi connectivity index (χ1) is 16.3. The second-order valence-electron chi connectivity index (χ2n) is 9.48. The van der Waals surface area contributed by atoms with Gasteiger partial charge in [0.25, 0.3) is 11.6 Å². The third kappa shape index (κ3) is 2.30. The van der Waals surface area contributed by atoms with Gasteiger partial charge in [-0.05, 0) is 44.9 Å². The van der Waals surface area contributed by atoms with E-state index >= 15 is 0 Å². The van der Waals surface area contributed by atoms with E-state index in [2.05, 4.69) is 4.90 Å². The standard InChI is InChI=1S/C25H24N4O5/c1-3-26-17-8-5-4-7-16(17)25(24(26)32)21-20(18-9-6-12-27(18)25)22(30)28(23(21)31)19-13-15(29(33)34)11-10-14(19)2/h4-5,7-8,10-11,13,18,20-21H,3,6,9,12H2,1-2H3/t18-,20-,21+,25+/m1/s1. The Labute approximate surface area is 196 Å². The van der Waals surface area contributed by atoms with Gasteiger partial charge >= 0.3 is 0 Å². The number of para-hydroxylation sites is 1. The molecule has 6 rings (SSSR count). The van der Waals surface area contributed by atoms with E-state index in [0.717, 1.165) is 29.0 Å². The van der Waals surface area contributed by atoms with Crippen molar-refractivity contribution in [2.24, 2.45) is 11.8 Å². The number of likely N-dealkylation sites (N-methyl/N-ethyl adjacent to an activating group) is 1. The fraction of sp³-hybridized carbons (Fsp3) is 0.400. The summed E-state index contributed by atoms with van der Waals surface area (Å²) in [5.41, 5.74) is 0.970. The average Bonchev–Trinajstić information content (AvgIpc) is 3.52. The molecule has 2 aromatic carbocycles. The number of aryl methyl sites for hydroxylation is 1. The number of amides is 3. The van der Waals surface area contributed by atoms with Crippen LogP contribution in [0.15, 0.2) is 42.5 Å². The Balaban J connectivity index is 1.56. The number of carbonyl (C=O) groups is 3. The molecule has 0 saturated carbocycles. The van der Waals surface area contributed by atoms with Crippen molar-refractivity contribution in [2.45, 2.75) is 38.3 Å². The minimum atomic E-state index is -1.23. The van der Waals surface area contributed by atoms with Gasteiger partial charge in [0.1, 0.15) is 5.54 Å². The van der Waals surface area contributed by atoms with Gasteiger partial charge in [0, 0.05) is 36.0 Å². The van der Waals surface area contributed by atoms with Crippen molar-refractivity contribution in [1.29, 1.82) is 0 Å². The Kier molecular flexibility index (Phi) is 4.29. The molecule has 0 radical (unpaired) electrons. The number of anilines is 2. The minimum Gasteiger partial charge on any atom is -0.310 e. The quantitative estimate of drug-likeness (QED) is 0.396. The molecule has 4 aliphatic rings. The molecule has 0 unspecified atom stereocenters. The van der Waals surface area contributed by atoms with E-state index in [1.807, 2.05) is 31.2 Å². The van der Waals surface area contributed by atoms with Gasteiger partial charge in [-0.1, -0.05) is 24.3 Å². The SMILES string of the molecule is CCN1C(=O)[C@]2(c3ccccc31)[C@@H]1C(=O)N(c3cc([N+](=O)[O-])ccc3C)C(=O)[C@@H]1[C@H]1CCCN12. The molecule has 9 heteroatoms. The zero-order chi connectivity index (χ0) is 23.9. The highest BCUT2D eigenvalue weighted by atomic mass is 16.6. The fourth-order valence-corrected chi connectivity index (χ4v) is 6.84. The summed E-state index contributed by atoms with van der Waals surface area (Å²) >= 11 is 0. The van der Waals surface area contributed by atoms with Crippen LogP contribution in [0, 0.1) is 28.9 Å². The van der Waals surface area contributed by atoms with Crippen molar-refractivity contribution in [2.75, 3.05) is 22.9 Å². The fourth-order valence-electron chi connectivity index (χ4n) is 6.84. The van der Waals surface area contributed by atoms with Crippen molar-refractivity contribution in [3.63, 3.8) is 0 Å². The lowest BCUT2D eigenvalue weighted by atomic mass is 9.75. The first kappa shape index (κ1) is 21.0. The van der Waals surface area contributed by atoms with Crippen LogP contribution in [0.25, 0.3) is 0 Å². The van der Waals surface area contributed by atoms with Crippen LogP contribution in [0.4, 0.5) is 17.1 Å². The molecular weight excluding hydrogens is 436 g/mol. The zero-order valence-electron chi connectivity index (χ0n) is 18.9. The molecule has 3 amide bonds. The van der Waals surface area contributed by atoms with E-state index < -0.39 is 28.2 Å². The van der Waals surface area contributed by atoms with Gasteiger partial charge in [-0.3, -0.25) is 29.4 Å². The minimum absolute atomic E-state index is 0.158. The number of nitro groups is 1. The Morgan fingerprint density at radius 1 is 1.09 bits per heavy atom. The van der Waals surface area contributed by atoms with Gasteiger partial charge in [-0.25, -0.2) is 4.90 Å². The van der Waals surface area contributed by atoms with Crippen LogP contribution in [0.2, 0.25) is 0 Å². The topological polar surface area (TPSA) is 104 Å². The molecule has 0 bridgehead atoms. The molecule has 1 spiro atoms. The Morgan fingerprint density at radius 2 is 1.85 bits per heavy atom. The zero-order valence-corrected chi connectivity index (χ0v) is 18.9. The first-order valence-corrected chi connectivity index (χ1v) is 11.6. The number of carbonyl (C=O) groups excluding carboxylic acids is 3. The number of hydrogen-bond donors (Lipinski definition) is 0. The number of nitro benzene ring substituents is 1. The summed E-state index contributed by atoms with van der Waals surface area (Å²) in [6.45, 7) is 4.73. The Bertz CT molecular complexity index is 1290. The summed E-state index contributed by atoms with van der Waals surface area (Å²) in [5, 5.41) is 11.4. The maximum absolute atomic E-state index is 14.1. The normalized spacial score (nSPS) is 29.8. The van der Waals surface area contributed by atoms with Crippen LogP contribution < -0.4 is 9.80 Å². The molecule has 2 aromatic rings. The second-order valence-corrected chi connectivity index (χ2v) is 9.48. The van der Waals surface area contributed by atoms with Crippen molar-refractivity contribution in [1.82, 2.24) is 4.90 Å². The molecule has 4 aliphatic heterocycles. The summed E-state index contributed by atoms with van der Waals surface area (Å²) in [6.07, 6.45) is 1.57. The number of benzene rings is 2. The van der Waals surface area contributed by atoms with Crippen molar-refractivity contribution >= 4 is 34.8 Å². The van der Waals surface area contributed by atoms with E-state index in [0.29, 0.717) is 18.7 Å². The molecule has 0 N–H and O–H groups in total. The van der Waals surface area contributed by atoms with Gasteiger partial charge < -0.3 is 4.90 Å². The largest absolute Gasteiger partial charge is 0.310 e. The molecule has 9 nitrogen and oxygen atoms in total. The Hall–Kier alpha value is -3.59. The molecular formula is C25H24N4O5. The average molecular weight is 460 g/mol. The molecule has 34 heavy (non-hydrogen) atoms. The lowest BCUT2D eigenvalue weighted by Gasteiger charge is -2.37. The van der Waals surface area contributed by atoms with Gasteiger partial charge in [0.15, 0.2) is 0 Å². The van der Waals surface area contributed by atoms with Crippen molar-refractivity contribution < 1.29 is 19.3 Å². The lowest BCUT2D eigenvalue weighted by molar-refractivity contribution is -0.384. The van der Waals surface area contributed by atoms with Crippen LogP contribution in [-0.2, 0) is 19.9 Å². The Morgan fingerprint density at radius 3 is 2.59 bits per heavy atom. The summed E-state index contributed by atoms with van der Waals surface area (Å²) in [6, 6.07) is 11.5. The van der Waals surface area contributed by atoms with Gasteiger partial charge in [-0.2, -0.15) is 0 Å². The number of hydrogen-bond acceptors (Lipinski definition) is 6. The second kappa shape index (κ2) is 6.96. The van der Waals surface area contributed by atoms with Crippen molar-refractivity contribution in [3.8, 4) is 0 Å². The highest BCUT2D eigenvalue weighted by Gasteiger charge is 2.75. The monoisotopic (exact) mass is 460 g/mol. The highest BCUT2D eigenvalue weighted by Crippen LogP contribution is 2.61. The summed E-state index contributed by atoms with van der Waals surface area (Å²) < 4.78 is 0. The van der Waals surface area contributed by atoms with Gasteiger partial charge in [-0.15, -0.1) is 0 Å². The molecule has 0 aromatic heterocycles. The molecule has 174 valence electrons. The van der Waals surface area contributed by atoms with E-state index in [4.69, 9.17) is 0 Å². The van der Waals surface area contributed by atoms with E-state index in [1.165, 1.54) is 12.1 Å². The van der Waals surface area contributed by atoms with Crippen LogP contribution in [0.5, 0.6) is 0 Å². The lowest BCUT2D eigenvalue weighted by Crippen LogP contribution is -2.56. The van der Waals surface area contributed by atoms with Crippen LogP contribution >= 0.6 is 0 Å². The summed E-state index contributed by atoms with van der Waals surface area (Å²) in [7, 11) is 0. The molecule has 0 aliphatic carbocycles. The molecule has 3 fully saturated rings. The third-order valence-corrected chi connectivity index (χ3v) is 8.11.